The molecular formula is C28H33FN4O2. The summed E-state index contributed by atoms with van der Waals surface area (Å²) in [5.74, 6) is -0.873. The van der Waals surface area contributed by atoms with E-state index in [0.717, 1.165) is 47.9 Å². The number of hydrogen-bond donors (Lipinski definition) is 3. The third-order valence-corrected chi connectivity index (χ3v) is 7.62. The van der Waals surface area contributed by atoms with Gasteiger partial charge in [0, 0.05) is 40.8 Å². The molecule has 0 unspecified atom stereocenters. The molecule has 1 fully saturated rings. The van der Waals surface area contributed by atoms with E-state index in [1.807, 2.05) is 19.2 Å². The van der Waals surface area contributed by atoms with Crippen molar-refractivity contribution < 1.29 is 14.0 Å². The first-order chi connectivity index (χ1) is 16.7. The normalized spacial score (nSPS) is 21.7. The highest BCUT2D eigenvalue weighted by atomic mass is 19.1. The van der Waals surface area contributed by atoms with Crippen LogP contribution in [0.2, 0.25) is 0 Å². The van der Waals surface area contributed by atoms with Gasteiger partial charge in [-0.1, -0.05) is 19.9 Å². The Kier molecular flexibility index (Phi) is 5.91. The van der Waals surface area contributed by atoms with Crippen LogP contribution in [-0.2, 0) is 6.42 Å². The van der Waals surface area contributed by atoms with E-state index < -0.39 is 5.91 Å². The molecule has 1 aromatic heterocycles. The molecule has 2 aromatic carbocycles. The van der Waals surface area contributed by atoms with Gasteiger partial charge in [0.25, 0.3) is 5.91 Å². The number of nitrogens with one attached hydrogen (secondary N) is 2. The Morgan fingerprint density at radius 1 is 1.06 bits per heavy atom. The number of anilines is 1. The van der Waals surface area contributed by atoms with Crippen molar-refractivity contribution in [3.8, 4) is 11.1 Å². The number of carbonyl (C=O) groups is 2. The van der Waals surface area contributed by atoms with Crippen LogP contribution in [0.5, 0.6) is 0 Å². The number of nitrogens with two attached hydrogens (primary N) is 1. The van der Waals surface area contributed by atoms with E-state index in [0.29, 0.717) is 35.7 Å². The van der Waals surface area contributed by atoms with Crippen LogP contribution in [0.1, 0.15) is 66.8 Å². The highest BCUT2D eigenvalue weighted by Gasteiger charge is 2.35. The number of aromatic nitrogens is 1. The van der Waals surface area contributed by atoms with Gasteiger partial charge in [-0.25, -0.2) is 4.39 Å². The lowest BCUT2D eigenvalue weighted by atomic mass is 9.80. The first-order valence-corrected chi connectivity index (χ1v) is 12.4. The van der Waals surface area contributed by atoms with Gasteiger partial charge in [-0.15, -0.1) is 0 Å². The second-order valence-corrected chi connectivity index (χ2v) is 10.8. The van der Waals surface area contributed by atoms with E-state index in [1.165, 1.54) is 12.1 Å². The SMILES string of the molecule is CN[C@H]1CC[C@H](Nc2cc(-c3c4n(c5cc(F)ccc35)C(=O)CC(C)(C)C4)ccc2C(N)=O)CC1. The van der Waals surface area contributed by atoms with Crippen molar-refractivity contribution in [2.75, 3.05) is 12.4 Å². The van der Waals surface area contributed by atoms with E-state index in [9.17, 15) is 14.0 Å². The Hall–Kier alpha value is -3.19. The van der Waals surface area contributed by atoms with Crippen LogP contribution in [0.25, 0.3) is 22.0 Å². The Morgan fingerprint density at radius 2 is 1.77 bits per heavy atom. The van der Waals surface area contributed by atoms with E-state index in [-0.39, 0.29) is 23.2 Å². The standard InChI is InChI=1S/C28H33FN4O2/c1-28(2)14-24-26(21-11-5-17(29)13-23(21)33(24)25(34)15-28)16-4-10-20(27(30)35)22(12-16)32-19-8-6-18(31-3)7-9-19/h4-5,10-13,18-19,31-32H,6-9,14-15H2,1-3H3,(H2,30,35)/t18-,19-. The maximum absolute atomic E-state index is 14.2. The summed E-state index contributed by atoms with van der Waals surface area (Å²) in [6.07, 6.45) is 5.24. The molecule has 0 saturated heterocycles. The van der Waals surface area contributed by atoms with Gasteiger partial charge in [-0.3, -0.25) is 14.2 Å². The number of fused-ring (bicyclic) bond motifs is 3. The fourth-order valence-corrected chi connectivity index (χ4v) is 5.87. The molecule has 1 saturated carbocycles. The van der Waals surface area contributed by atoms with Gasteiger partial charge in [-0.2, -0.15) is 0 Å². The van der Waals surface area contributed by atoms with Crippen molar-refractivity contribution in [2.24, 2.45) is 11.1 Å². The summed E-state index contributed by atoms with van der Waals surface area (Å²) in [7, 11) is 1.99. The highest BCUT2D eigenvalue weighted by Crippen LogP contribution is 2.43. The van der Waals surface area contributed by atoms with Gasteiger partial charge in [-0.05, 0) is 80.5 Å². The minimum Gasteiger partial charge on any atom is -0.382 e. The van der Waals surface area contributed by atoms with Crippen molar-refractivity contribution in [1.29, 1.82) is 0 Å². The van der Waals surface area contributed by atoms with Crippen molar-refractivity contribution in [1.82, 2.24) is 9.88 Å². The fourth-order valence-electron chi connectivity index (χ4n) is 5.87. The number of halogens is 1. The van der Waals surface area contributed by atoms with Gasteiger partial charge in [0.05, 0.1) is 11.1 Å². The predicted octanol–water partition coefficient (Wildman–Crippen LogP) is 5.10. The summed E-state index contributed by atoms with van der Waals surface area (Å²) < 4.78 is 15.9. The molecule has 2 aliphatic rings. The zero-order chi connectivity index (χ0) is 24.9. The van der Waals surface area contributed by atoms with E-state index >= 15 is 0 Å². The quantitative estimate of drug-likeness (QED) is 0.478. The second-order valence-electron chi connectivity index (χ2n) is 10.8. The number of benzene rings is 2. The first-order valence-electron chi connectivity index (χ1n) is 12.4. The lowest BCUT2D eigenvalue weighted by Gasteiger charge is -2.31. The van der Waals surface area contributed by atoms with Crippen LogP contribution >= 0.6 is 0 Å². The van der Waals surface area contributed by atoms with Crippen LogP contribution in [0.4, 0.5) is 10.1 Å². The molecule has 1 aliphatic carbocycles. The largest absolute Gasteiger partial charge is 0.382 e. The van der Waals surface area contributed by atoms with Crippen molar-refractivity contribution in [3.63, 3.8) is 0 Å². The van der Waals surface area contributed by atoms with Crippen LogP contribution in [-0.4, -0.2) is 35.5 Å². The van der Waals surface area contributed by atoms with E-state index in [2.05, 4.69) is 24.5 Å². The maximum Gasteiger partial charge on any atom is 0.250 e. The molecule has 7 heteroatoms. The minimum atomic E-state index is -0.481. The van der Waals surface area contributed by atoms with Crippen molar-refractivity contribution >= 4 is 28.4 Å². The van der Waals surface area contributed by atoms with Gasteiger partial charge in [0.15, 0.2) is 0 Å². The summed E-state index contributed by atoms with van der Waals surface area (Å²) in [4.78, 5) is 25.4. The third-order valence-electron chi connectivity index (χ3n) is 7.62. The lowest BCUT2D eigenvalue weighted by Crippen LogP contribution is -2.35. The number of rotatable bonds is 5. The number of nitrogens with zero attached hydrogens (tertiary/aromatic N) is 1. The van der Waals surface area contributed by atoms with Crippen molar-refractivity contribution in [2.45, 2.75) is 64.5 Å². The topological polar surface area (TPSA) is 89.2 Å². The average Bonchev–Trinajstić information content (AvgIpc) is 3.11. The van der Waals surface area contributed by atoms with Gasteiger partial charge >= 0.3 is 0 Å². The lowest BCUT2D eigenvalue weighted by molar-refractivity contribution is 0.0816. The molecule has 0 bridgehead atoms. The Morgan fingerprint density at radius 3 is 2.46 bits per heavy atom. The van der Waals surface area contributed by atoms with Crippen LogP contribution in [0.15, 0.2) is 36.4 Å². The van der Waals surface area contributed by atoms with Gasteiger partial charge in [0.2, 0.25) is 5.91 Å². The van der Waals surface area contributed by atoms with Crippen LogP contribution in [0, 0.1) is 11.2 Å². The molecule has 184 valence electrons. The fraction of sp³-hybridized carbons (Fsp3) is 0.429. The first kappa shape index (κ1) is 23.5. The molecule has 2 heterocycles. The molecule has 0 radical (unpaired) electrons. The Labute approximate surface area is 205 Å². The van der Waals surface area contributed by atoms with E-state index in [4.69, 9.17) is 5.73 Å². The summed E-state index contributed by atoms with van der Waals surface area (Å²) in [5.41, 5.74) is 9.96. The number of primary amides is 1. The molecule has 6 nitrogen and oxygen atoms in total. The molecule has 3 aromatic rings. The number of hydrogen-bond acceptors (Lipinski definition) is 4. The molecule has 1 aliphatic heterocycles. The molecule has 0 atom stereocenters. The number of carbonyl (C=O) groups excluding carboxylic acids is 2. The third kappa shape index (κ3) is 4.33. The Bertz CT molecular complexity index is 1320. The smallest absolute Gasteiger partial charge is 0.250 e. The summed E-state index contributed by atoms with van der Waals surface area (Å²) in [6, 6.07) is 11.0. The maximum atomic E-state index is 14.2. The Balaban J connectivity index is 1.63. The van der Waals surface area contributed by atoms with Crippen molar-refractivity contribution in [3.05, 3.63) is 53.5 Å². The zero-order valence-corrected chi connectivity index (χ0v) is 20.6. The zero-order valence-electron chi connectivity index (χ0n) is 20.6. The monoisotopic (exact) mass is 476 g/mol. The van der Waals surface area contributed by atoms with Crippen LogP contribution < -0.4 is 16.4 Å². The summed E-state index contributed by atoms with van der Waals surface area (Å²) >= 11 is 0. The van der Waals surface area contributed by atoms with Crippen LogP contribution in [0.3, 0.4) is 0 Å². The van der Waals surface area contributed by atoms with Gasteiger partial charge in [0.1, 0.15) is 5.82 Å². The number of amides is 1. The predicted molar refractivity (Wildman–Crippen MR) is 137 cm³/mol. The highest BCUT2D eigenvalue weighted by molar-refractivity contribution is 6.06. The summed E-state index contributed by atoms with van der Waals surface area (Å²) in [6.45, 7) is 4.17. The molecule has 0 spiro atoms. The molecule has 35 heavy (non-hydrogen) atoms. The van der Waals surface area contributed by atoms with Gasteiger partial charge < -0.3 is 16.4 Å². The molecular weight excluding hydrogens is 443 g/mol. The minimum absolute atomic E-state index is 0.0218. The summed E-state index contributed by atoms with van der Waals surface area (Å²) in [5, 5.41) is 7.76. The molecule has 5 rings (SSSR count). The molecule has 1 amide bonds. The average molecular weight is 477 g/mol. The van der Waals surface area contributed by atoms with E-state index in [1.54, 1.807) is 16.7 Å². The molecule has 4 N–H and O–H groups in total. The second kappa shape index (κ2) is 8.79.